The number of benzene rings is 1. The second-order valence-electron chi connectivity index (χ2n) is 4.22. The highest BCUT2D eigenvalue weighted by atomic mass is 32.1. The third-order valence-electron chi connectivity index (χ3n) is 2.81. The lowest BCUT2D eigenvalue weighted by molar-refractivity contribution is 0.0796. The largest absolute Gasteiger partial charge is 0.341 e. The summed E-state index contributed by atoms with van der Waals surface area (Å²) in [5, 5.41) is 2.02. The molecule has 0 aliphatic rings. The van der Waals surface area contributed by atoms with Gasteiger partial charge in [-0.05, 0) is 36.1 Å². The minimum absolute atomic E-state index is 0.119. The number of thiol groups is 1. The van der Waals surface area contributed by atoms with Crippen LogP contribution < -0.4 is 0 Å². The Kier molecular flexibility index (Phi) is 4.61. The Morgan fingerprint density at radius 3 is 2.84 bits per heavy atom. The van der Waals surface area contributed by atoms with Crippen LogP contribution in [0.4, 0.5) is 4.39 Å². The topological polar surface area (TPSA) is 20.3 Å². The number of halogens is 1. The van der Waals surface area contributed by atoms with Gasteiger partial charge in [-0.25, -0.2) is 4.39 Å². The summed E-state index contributed by atoms with van der Waals surface area (Å²) < 4.78 is 13.1. The van der Waals surface area contributed by atoms with Crippen LogP contribution in [0.25, 0.3) is 0 Å². The van der Waals surface area contributed by atoms with Crippen molar-refractivity contribution >= 4 is 29.9 Å². The molecule has 1 aromatic carbocycles. The summed E-state index contributed by atoms with van der Waals surface area (Å²) in [4.78, 5) is 15.2. The number of hydrogen-bond acceptors (Lipinski definition) is 3. The molecule has 0 saturated carbocycles. The van der Waals surface area contributed by atoms with Gasteiger partial charge in [0, 0.05) is 28.9 Å². The Hall–Kier alpha value is -1.33. The zero-order valence-electron chi connectivity index (χ0n) is 10.5. The summed E-state index contributed by atoms with van der Waals surface area (Å²) in [5.41, 5.74) is 0.458. The highest BCUT2D eigenvalue weighted by Crippen LogP contribution is 2.16. The lowest BCUT2D eigenvalue weighted by Crippen LogP contribution is -2.28. The predicted octanol–water partition coefficient (Wildman–Crippen LogP) is 3.49. The lowest BCUT2D eigenvalue weighted by Gasteiger charge is -2.17. The fourth-order valence-corrected chi connectivity index (χ4v) is 2.61. The van der Waals surface area contributed by atoms with E-state index in [0.29, 0.717) is 12.1 Å². The first kappa shape index (κ1) is 14.1. The van der Waals surface area contributed by atoms with E-state index in [2.05, 4.69) is 12.6 Å². The van der Waals surface area contributed by atoms with Crippen molar-refractivity contribution in [1.29, 1.82) is 0 Å². The first-order valence-electron chi connectivity index (χ1n) is 5.84. The summed E-state index contributed by atoms with van der Waals surface area (Å²) in [7, 11) is 1.75. The van der Waals surface area contributed by atoms with E-state index in [0.717, 1.165) is 6.42 Å². The molecule has 0 saturated heterocycles. The summed E-state index contributed by atoms with van der Waals surface area (Å²) >= 11 is 5.66. The van der Waals surface area contributed by atoms with Crippen LogP contribution in [-0.2, 0) is 6.42 Å². The van der Waals surface area contributed by atoms with Crippen molar-refractivity contribution in [3.05, 3.63) is 52.0 Å². The van der Waals surface area contributed by atoms with Crippen molar-refractivity contribution < 1.29 is 9.18 Å². The standard InChI is InChI=1S/C14H14FNOS2/c1-16(7-6-11-3-2-8-19-11)14(17)10-4-5-12(15)13(18)9-10/h2-5,8-9,18H,6-7H2,1H3. The number of amides is 1. The van der Waals surface area contributed by atoms with Crippen LogP contribution in [0.15, 0.2) is 40.6 Å². The molecule has 0 N–H and O–H groups in total. The van der Waals surface area contributed by atoms with E-state index in [1.165, 1.54) is 23.1 Å². The second-order valence-corrected chi connectivity index (χ2v) is 5.74. The van der Waals surface area contributed by atoms with Gasteiger partial charge in [0.05, 0.1) is 0 Å². The maximum atomic E-state index is 13.1. The van der Waals surface area contributed by atoms with Gasteiger partial charge in [-0.2, -0.15) is 0 Å². The van der Waals surface area contributed by atoms with Gasteiger partial charge in [0.2, 0.25) is 0 Å². The minimum atomic E-state index is -0.416. The van der Waals surface area contributed by atoms with Gasteiger partial charge in [0.15, 0.2) is 0 Å². The van der Waals surface area contributed by atoms with Gasteiger partial charge in [0.1, 0.15) is 5.82 Å². The number of likely N-dealkylation sites (N-methyl/N-ethyl adjacent to an activating group) is 1. The summed E-state index contributed by atoms with van der Waals surface area (Å²) in [6.07, 6.45) is 0.828. The van der Waals surface area contributed by atoms with Gasteiger partial charge < -0.3 is 4.90 Å². The Labute approximate surface area is 121 Å². The maximum Gasteiger partial charge on any atom is 0.253 e. The number of hydrogen-bond donors (Lipinski definition) is 1. The van der Waals surface area contributed by atoms with E-state index in [4.69, 9.17) is 0 Å². The molecule has 0 bridgehead atoms. The third kappa shape index (κ3) is 3.58. The lowest BCUT2D eigenvalue weighted by atomic mass is 10.2. The van der Waals surface area contributed by atoms with Crippen molar-refractivity contribution in [2.45, 2.75) is 11.3 Å². The first-order valence-corrected chi connectivity index (χ1v) is 7.17. The van der Waals surface area contributed by atoms with Gasteiger partial charge in [-0.3, -0.25) is 4.79 Å². The number of thiophene rings is 1. The molecule has 1 heterocycles. The van der Waals surface area contributed by atoms with E-state index in [1.54, 1.807) is 23.3 Å². The Morgan fingerprint density at radius 1 is 1.42 bits per heavy atom. The van der Waals surface area contributed by atoms with Crippen molar-refractivity contribution in [1.82, 2.24) is 4.90 Å². The second kappa shape index (κ2) is 6.21. The SMILES string of the molecule is CN(CCc1cccs1)C(=O)c1ccc(F)c(S)c1. The van der Waals surface area contributed by atoms with E-state index in [-0.39, 0.29) is 10.8 Å². The number of nitrogens with zero attached hydrogens (tertiary/aromatic N) is 1. The first-order chi connectivity index (χ1) is 9.08. The van der Waals surface area contributed by atoms with E-state index >= 15 is 0 Å². The molecule has 19 heavy (non-hydrogen) atoms. The molecule has 0 atom stereocenters. The summed E-state index contributed by atoms with van der Waals surface area (Å²) in [6, 6.07) is 8.26. The average molecular weight is 295 g/mol. The molecule has 0 spiro atoms. The van der Waals surface area contributed by atoms with Crippen molar-refractivity contribution in [3.63, 3.8) is 0 Å². The molecule has 0 radical (unpaired) electrons. The highest BCUT2D eigenvalue weighted by Gasteiger charge is 2.13. The van der Waals surface area contributed by atoms with Gasteiger partial charge >= 0.3 is 0 Å². The zero-order valence-corrected chi connectivity index (χ0v) is 12.2. The molecule has 5 heteroatoms. The number of rotatable bonds is 4. The normalized spacial score (nSPS) is 10.5. The van der Waals surface area contributed by atoms with Crippen molar-refractivity contribution in [2.24, 2.45) is 0 Å². The highest BCUT2D eigenvalue weighted by molar-refractivity contribution is 7.80. The van der Waals surface area contributed by atoms with Gasteiger partial charge in [-0.15, -0.1) is 24.0 Å². The van der Waals surface area contributed by atoms with Crippen LogP contribution in [0, 0.1) is 5.82 Å². The molecule has 2 nitrogen and oxygen atoms in total. The van der Waals surface area contributed by atoms with Crippen LogP contribution >= 0.6 is 24.0 Å². The smallest absolute Gasteiger partial charge is 0.253 e. The predicted molar refractivity (Wildman–Crippen MR) is 78.6 cm³/mol. The summed E-state index contributed by atoms with van der Waals surface area (Å²) in [6.45, 7) is 0.638. The molecule has 1 aromatic heterocycles. The molecule has 2 rings (SSSR count). The molecular weight excluding hydrogens is 281 g/mol. The molecule has 0 aliphatic heterocycles. The van der Waals surface area contributed by atoms with Crippen LogP contribution in [0.5, 0.6) is 0 Å². The van der Waals surface area contributed by atoms with E-state index < -0.39 is 5.82 Å². The van der Waals surface area contributed by atoms with Gasteiger partial charge in [0.25, 0.3) is 5.91 Å². The average Bonchev–Trinajstić information content (AvgIpc) is 2.91. The monoisotopic (exact) mass is 295 g/mol. The third-order valence-corrected chi connectivity index (χ3v) is 4.09. The van der Waals surface area contributed by atoms with Crippen LogP contribution in [0.1, 0.15) is 15.2 Å². The van der Waals surface area contributed by atoms with Crippen LogP contribution in [0.3, 0.4) is 0 Å². The van der Waals surface area contributed by atoms with Crippen molar-refractivity contribution in [3.8, 4) is 0 Å². The summed E-state index contributed by atoms with van der Waals surface area (Å²) in [5.74, 6) is -0.534. The molecule has 100 valence electrons. The molecule has 0 fully saturated rings. The quantitative estimate of drug-likeness (QED) is 0.856. The number of carbonyl (C=O) groups is 1. The Morgan fingerprint density at radius 2 is 2.21 bits per heavy atom. The maximum absolute atomic E-state index is 13.1. The molecule has 2 aromatic rings. The van der Waals surface area contributed by atoms with E-state index in [9.17, 15) is 9.18 Å². The molecular formula is C14H14FNOS2. The Balaban J connectivity index is 2.00. The molecule has 1 amide bonds. The Bertz CT molecular complexity index is 569. The minimum Gasteiger partial charge on any atom is -0.341 e. The van der Waals surface area contributed by atoms with Gasteiger partial charge in [-0.1, -0.05) is 6.07 Å². The van der Waals surface area contributed by atoms with Crippen LogP contribution in [0.2, 0.25) is 0 Å². The zero-order chi connectivity index (χ0) is 13.8. The number of carbonyl (C=O) groups excluding carboxylic acids is 1. The fraction of sp³-hybridized carbons (Fsp3) is 0.214. The van der Waals surface area contributed by atoms with E-state index in [1.807, 2.05) is 17.5 Å². The van der Waals surface area contributed by atoms with Crippen LogP contribution in [-0.4, -0.2) is 24.4 Å². The molecule has 0 unspecified atom stereocenters. The molecule has 0 aliphatic carbocycles. The van der Waals surface area contributed by atoms with Crippen molar-refractivity contribution in [2.75, 3.05) is 13.6 Å². The fourth-order valence-electron chi connectivity index (χ4n) is 1.70.